The lowest BCUT2D eigenvalue weighted by Crippen LogP contribution is -2.65. The van der Waals surface area contributed by atoms with Crippen LogP contribution in [0, 0.1) is 56.2 Å². The Hall–Kier alpha value is -2.18. The third kappa shape index (κ3) is 6.00. The van der Waals surface area contributed by atoms with Crippen molar-refractivity contribution in [2.24, 2.45) is 56.2 Å². The molecule has 0 spiro atoms. The summed E-state index contributed by atoms with van der Waals surface area (Å²) in [6.07, 6.45) is 12.3. The van der Waals surface area contributed by atoms with Crippen molar-refractivity contribution in [3.05, 3.63) is 46.0 Å². The fourth-order valence-electron chi connectivity index (χ4n) is 13.9. The number of benzene rings is 1. The molecule has 292 valence electrons. The third-order valence-corrected chi connectivity index (χ3v) is 17.4. The number of carboxylic acids is 1. The molecule has 8 unspecified atom stereocenters. The summed E-state index contributed by atoms with van der Waals surface area (Å²) >= 11 is 6.23. The molecule has 7 heteroatoms. The van der Waals surface area contributed by atoms with Crippen LogP contribution in [0.15, 0.2) is 35.4 Å². The van der Waals surface area contributed by atoms with Crippen molar-refractivity contribution >= 4 is 29.3 Å². The number of hydrogen-bond donors (Lipinski definition) is 2. The van der Waals surface area contributed by atoms with E-state index in [9.17, 15) is 19.5 Å². The first-order chi connectivity index (χ1) is 24.7. The number of ether oxygens (including phenoxy) is 1. The average molecular weight is 748 g/mol. The fraction of sp³-hybridized carbons (Fsp3) is 0.761. The molecular formula is C46H66ClNO5. The zero-order chi connectivity index (χ0) is 38.6. The van der Waals surface area contributed by atoms with Crippen molar-refractivity contribution in [2.75, 3.05) is 6.54 Å². The number of esters is 1. The Labute approximate surface area is 324 Å². The molecule has 0 aliphatic heterocycles. The van der Waals surface area contributed by atoms with E-state index in [4.69, 9.17) is 16.3 Å². The van der Waals surface area contributed by atoms with Gasteiger partial charge in [0.25, 0.3) is 0 Å². The number of halogens is 1. The Bertz CT molecular complexity index is 1690. The topological polar surface area (TPSA) is 92.7 Å². The molecule has 6 aliphatic rings. The molecule has 2 N–H and O–H groups in total. The van der Waals surface area contributed by atoms with Crippen molar-refractivity contribution < 1.29 is 24.2 Å². The highest BCUT2D eigenvalue weighted by atomic mass is 35.5. The molecule has 6 aliphatic carbocycles. The van der Waals surface area contributed by atoms with Crippen LogP contribution in [-0.4, -0.2) is 35.5 Å². The number of hydrogen-bond acceptors (Lipinski definition) is 5. The van der Waals surface area contributed by atoms with Gasteiger partial charge in [-0.3, -0.25) is 14.4 Å². The molecule has 0 radical (unpaired) electrons. The molecule has 5 fully saturated rings. The first-order valence-electron chi connectivity index (χ1n) is 20.9. The monoisotopic (exact) mass is 747 g/mol. The number of aliphatic carboxylic acids is 1. The summed E-state index contributed by atoms with van der Waals surface area (Å²) in [5.41, 5.74) is 3.04. The van der Waals surface area contributed by atoms with Gasteiger partial charge in [-0.05, 0) is 154 Å². The van der Waals surface area contributed by atoms with E-state index in [1.54, 1.807) is 19.4 Å². The van der Waals surface area contributed by atoms with Gasteiger partial charge in [-0.1, -0.05) is 77.8 Å². The summed E-state index contributed by atoms with van der Waals surface area (Å²) in [5.74, 6) is 0.660. The molecule has 8 atom stereocenters. The minimum Gasteiger partial charge on any atom is -0.481 e. The molecule has 6 nitrogen and oxygen atoms in total. The highest BCUT2D eigenvalue weighted by Crippen LogP contribution is 2.77. The summed E-state index contributed by atoms with van der Waals surface area (Å²) in [6.45, 7) is 21.0. The van der Waals surface area contributed by atoms with Gasteiger partial charge in [0.1, 0.15) is 6.10 Å². The number of carbonyl (C=O) groups excluding carboxylic acids is 2. The minimum absolute atomic E-state index is 0.0393. The van der Waals surface area contributed by atoms with Gasteiger partial charge < -0.3 is 15.2 Å². The molecule has 7 rings (SSSR count). The van der Waals surface area contributed by atoms with Gasteiger partial charge in [0.2, 0.25) is 0 Å². The second-order valence-electron chi connectivity index (χ2n) is 20.9. The smallest absolute Gasteiger partial charge is 0.309 e. The van der Waals surface area contributed by atoms with E-state index in [2.05, 4.69) is 65.9 Å². The van der Waals surface area contributed by atoms with E-state index >= 15 is 0 Å². The maximum absolute atomic E-state index is 14.1. The molecular weight excluding hydrogens is 682 g/mol. The second kappa shape index (κ2) is 12.9. The minimum atomic E-state index is -1.15. The van der Waals surface area contributed by atoms with Gasteiger partial charge >= 0.3 is 11.9 Å². The quantitative estimate of drug-likeness (QED) is 0.232. The van der Waals surface area contributed by atoms with Gasteiger partial charge in [0, 0.05) is 27.8 Å². The van der Waals surface area contributed by atoms with Crippen molar-refractivity contribution in [2.45, 2.75) is 157 Å². The van der Waals surface area contributed by atoms with Crippen molar-refractivity contribution in [1.29, 1.82) is 0 Å². The normalized spacial score (nSPS) is 38.4. The number of allylic oxidation sites excluding steroid dienone is 2. The van der Waals surface area contributed by atoms with Crippen molar-refractivity contribution in [3.8, 4) is 0 Å². The van der Waals surface area contributed by atoms with E-state index in [1.807, 2.05) is 12.1 Å². The van der Waals surface area contributed by atoms with Gasteiger partial charge in [0.15, 0.2) is 5.78 Å². The fourth-order valence-corrected chi connectivity index (χ4v) is 14.0. The number of nitrogens with one attached hydrogen (secondary N) is 1. The van der Waals surface area contributed by atoms with Crippen molar-refractivity contribution in [3.63, 3.8) is 0 Å². The molecule has 0 bridgehead atoms. The molecule has 0 heterocycles. The third-order valence-electron chi connectivity index (χ3n) is 17.2. The van der Waals surface area contributed by atoms with Crippen molar-refractivity contribution in [1.82, 2.24) is 5.32 Å². The number of carboxylic acid groups (broad SMARTS) is 1. The second-order valence-corrected chi connectivity index (χ2v) is 21.4. The zero-order valence-electron chi connectivity index (χ0n) is 34.1. The molecule has 5 saturated carbocycles. The van der Waals surface area contributed by atoms with Crippen LogP contribution in [0.5, 0.6) is 0 Å². The van der Waals surface area contributed by atoms with E-state index in [-0.39, 0.29) is 51.1 Å². The van der Waals surface area contributed by atoms with Gasteiger partial charge in [-0.15, -0.1) is 0 Å². The molecule has 0 amide bonds. The van der Waals surface area contributed by atoms with E-state index in [1.165, 1.54) is 18.4 Å². The first-order valence-corrected chi connectivity index (χ1v) is 21.3. The van der Waals surface area contributed by atoms with E-state index in [0.29, 0.717) is 30.0 Å². The lowest BCUT2D eigenvalue weighted by atomic mass is 9.33. The average Bonchev–Trinajstić information content (AvgIpc) is 3.78. The summed E-state index contributed by atoms with van der Waals surface area (Å²) in [6, 6.07) is 8.35. The SMILES string of the molecule is CC(C)C1=C2C3CCC4C5(C)CCC(OC(=O)CC(C)(C)C(=O)O)C(C)(C)C5CCC4(C)C3(C)CCC2(CCNC2(c3ccc(Cl)cc3)CC2)CC1=O. The van der Waals surface area contributed by atoms with Crippen LogP contribution in [0.25, 0.3) is 0 Å². The maximum Gasteiger partial charge on any atom is 0.309 e. The Morgan fingerprint density at radius 1 is 0.906 bits per heavy atom. The van der Waals surface area contributed by atoms with E-state index < -0.39 is 17.4 Å². The molecule has 1 aromatic rings. The van der Waals surface area contributed by atoms with Gasteiger partial charge in [-0.25, -0.2) is 0 Å². The summed E-state index contributed by atoms with van der Waals surface area (Å²) in [5, 5.41) is 14.4. The van der Waals surface area contributed by atoms with Crippen LogP contribution in [0.4, 0.5) is 0 Å². The highest BCUT2D eigenvalue weighted by Gasteiger charge is 2.70. The number of carbonyl (C=O) groups is 3. The predicted molar refractivity (Wildman–Crippen MR) is 210 cm³/mol. The summed E-state index contributed by atoms with van der Waals surface area (Å²) in [7, 11) is 0. The largest absolute Gasteiger partial charge is 0.481 e. The van der Waals surface area contributed by atoms with Crippen LogP contribution in [0.2, 0.25) is 5.02 Å². The Morgan fingerprint density at radius 2 is 1.58 bits per heavy atom. The summed E-state index contributed by atoms with van der Waals surface area (Å²) in [4.78, 5) is 39.0. The Balaban J connectivity index is 1.13. The van der Waals surface area contributed by atoms with Gasteiger partial charge in [0.05, 0.1) is 11.8 Å². The molecule has 53 heavy (non-hydrogen) atoms. The standard InChI is InChI=1S/C46H66ClNO5/c1-28(2)37-32(49)26-45(24-25-48-46(22-23-46)29-10-12-30(47)13-11-29)21-20-43(8)31(38(37)45)14-15-34-42(7)18-17-35(53-36(50)27-40(3,4)39(51)52)41(5,6)33(42)16-19-44(34,43)9/h10-13,28,31,33-35,48H,14-27H2,1-9H3,(H,51,52). The van der Waals surface area contributed by atoms with Crippen LogP contribution in [-0.2, 0) is 24.7 Å². The number of rotatable bonds is 10. The maximum atomic E-state index is 14.1. The highest BCUT2D eigenvalue weighted by molar-refractivity contribution is 6.30. The Kier molecular flexibility index (Phi) is 9.53. The van der Waals surface area contributed by atoms with E-state index in [0.717, 1.165) is 74.9 Å². The molecule has 0 aromatic heterocycles. The number of ketones is 1. The van der Waals surface area contributed by atoms with Crippen LogP contribution >= 0.6 is 11.6 Å². The molecule has 0 saturated heterocycles. The summed E-state index contributed by atoms with van der Waals surface area (Å²) < 4.78 is 6.19. The van der Waals surface area contributed by atoms with Crippen LogP contribution in [0.3, 0.4) is 0 Å². The zero-order valence-corrected chi connectivity index (χ0v) is 34.8. The van der Waals surface area contributed by atoms with Gasteiger partial charge in [-0.2, -0.15) is 0 Å². The van der Waals surface area contributed by atoms with Crippen LogP contribution < -0.4 is 5.32 Å². The molecule has 1 aromatic carbocycles. The Morgan fingerprint density at radius 3 is 2.21 bits per heavy atom. The lowest BCUT2D eigenvalue weighted by Gasteiger charge is -2.72. The lowest BCUT2D eigenvalue weighted by molar-refractivity contribution is -0.233. The van der Waals surface area contributed by atoms with Crippen LogP contribution in [0.1, 0.15) is 151 Å². The number of Topliss-reactive ketones (excluding diaryl/α,β-unsaturated/α-hetero) is 1. The predicted octanol–water partition coefficient (Wildman–Crippen LogP) is 10.7. The number of fused-ring (bicyclic) bond motifs is 7. The first kappa shape index (κ1) is 39.1.